The maximum Gasteiger partial charge on any atom is 0.390 e. The van der Waals surface area contributed by atoms with Gasteiger partial charge in [0.2, 0.25) is 0 Å². The molecule has 1 rings (SSSR count). The standard InChI is InChI=1S/C12H15BrF3NO2/c1-18-10-6-8(5-9(13)11(10)19-2)7-17-4-3-12(14,15)16/h5-6,17H,3-4,7H2,1-2H3. The van der Waals surface area contributed by atoms with Crippen LogP contribution in [-0.4, -0.2) is 26.9 Å². The van der Waals surface area contributed by atoms with Crippen molar-refractivity contribution in [2.45, 2.75) is 19.1 Å². The minimum Gasteiger partial charge on any atom is -0.493 e. The fraction of sp³-hybridized carbons (Fsp3) is 0.500. The number of methoxy groups -OCH3 is 2. The zero-order valence-corrected chi connectivity index (χ0v) is 12.2. The Labute approximate surface area is 118 Å². The highest BCUT2D eigenvalue weighted by molar-refractivity contribution is 9.10. The van der Waals surface area contributed by atoms with Gasteiger partial charge in [-0.25, -0.2) is 0 Å². The SMILES string of the molecule is COc1cc(CNCCC(F)(F)F)cc(Br)c1OC. The Balaban J connectivity index is 2.62. The molecule has 0 atom stereocenters. The molecular weight excluding hydrogens is 327 g/mol. The van der Waals surface area contributed by atoms with Gasteiger partial charge >= 0.3 is 6.18 Å². The van der Waals surface area contributed by atoms with Gasteiger partial charge in [-0.2, -0.15) is 13.2 Å². The molecule has 0 spiro atoms. The molecule has 0 aromatic heterocycles. The quantitative estimate of drug-likeness (QED) is 0.803. The molecule has 1 N–H and O–H groups in total. The molecule has 0 aliphatic rings. The molecule has 0 saturated carbocycles. The minimum atomic E-state index is -4.13. The van der Waals surface area contributed by atoms with Crippen molar-refractivity contribution in [3.05, 3.63) is 22.2 Å². The molecule has 0 bridgehead atoms. The lowest BCUT2D eigenvalue weighted by molar-refractivity contribution is -0.133. The first-order valence-electron chi connectivity index (χ1n) is 5.55. The summed E-state index contributed by atoms with van der Waals surface area (Å²) in [6, 6.07) is 3.51. The highest BCUT2D eigenvalue weighted by Gasteiger charge is 2.25. The minimum absolute atomic E-state index is 0.116. The van der Waals surface area contributed by atoms with Crippen LogP contribution >= 0.6 is 15.9 Å². The Hall–Kier alpha value is -0.950. The molecule has 0 amide bonds. The summed E-state index contributed by atoms with van der Waals surface area (Å²) in [7, 11) is 3.02. The zero-order chi connectivity index (χ0) is 14.5. The molecule has 0 unspecified atom stereocenters. The molecule has 0 fully saturated rings. The van der Waals surface area contributed by atoms with Crippen LogP contribution in [0.5, 0.6) is 11.5 Å². The van der Waals surface area contributed by atoms with Crippen LogP contribution in [-0.2, 0) is 6.54 Å². The van der Waals surface area contributed by atoms with Crippen molar-refractivity contribution in [2.24, 2.45) is 0 Å². The molecule has 1 aromatic rings. The van der Waals surface area contributed by atoms with Crippen molar-refractivity contribution < 1.29 is 22.6 Å². The molecule has 0 saturated heterocycles. The molecule has 0 aliphatic heterocycles. The van der Waals surface area contributed by atoms with Crippen LogP contribution in [0.15, 0.2) is 16.6 Å². The molecular formula is C12H15BrF3NO2. The van der Waals surface area contributed by atoms with Crippen molar-refractivity contribution in [3.63, 3.8) is 0 Å². The van der Waals surface area contributed by atoms with Crippen LogP contribution in [0.25, 0.3) is 0 Å². The van der Waals surface area contributed by atoms with Crippen LogP contribution in [0.1, 0.15) is 12.0 Å². The van der Waals surface area contributed by atoms with Crippen molar-refractivity contribution in [3.8, 4) is 11.5 Å². The topological polar surface area (TPSA) is 30.5 Å². The summed E-state index contributed by atoms with van der Waals surface area (Å²) in [5, 5.41) is 2.74. The lowest BCUT2D eigenvalue weighted by Gasteiger charge is -2.13. The molecule has 0 heterocycles. The number of hydrogen-bond donors (Lipinski definition) is 1. The first-order valence-corrected chi connectivity index (χ1v) is 6.34. The Morgan fingerprint density at radius 3 is 2.42 bits per heavy atom. The van der Waals surface area contributed by atoms with E-state index >= 15 is 0 Å². The van der Waals surface area contributed by atoms with Gasteiger partial charge in [0.15, 0.2) is 11.5 Å². The normalized spacial score (nSPS) is 11.5. The predicted octanol–water partition coefficient (Wildman–Crippen LogP) is 3.51. The molecule has 0 aliphatic carbocycles. The fourth-order valence-electron chi connectivity index (χ4n) is 1.54. The first-order chi connectivity index (χ1) is 8.87. The summed E-state index contributed by atoms with van der Waals surface area (Å²) in [6.45, 7) is 0.213. The van der Waals surface area contributed by atoms with E-state index in [4.69, 9.17) is 9.47 Å². The second-order valence-corrected chi connectivity index (χ2v) is 4.71. The van der Waals surface area contributed by atoms with E-state index in [0.717, 1.165) is 5.56 Å². The van der Waals surface area contributed by atoms with Crippen LogP contribution < -0.4 is 14.8 Å². The van der Waals surface area contributed by atoms with E-state index in [9.17, 15) is 13.2 Å². The van der Waals surface area contributed by atoms with Gasteiger partial charge in [-0.05, 0) is 33.6 Å². The monoisotopic (exact) mass is 341 g/mol. The summed E-state index contributed by atoms with van der Waals surface area (Å²) in [6.07, 6.45) is -4.98. The Morgan fingerprint density at radius 1 is 1.21 bits per heavy atom. The number of alkyl halides is 3. The average molecular weight is 342 g/mol. The van der Waals surface area contributed by atoms with Gasteiger partial charge in [-0.15, -0.1) is 0 Å². The Morgan fingerprint density at radius 2 is 1.89 bits per heavy atom. The van der Waals surface area contributed by atoms with Gasteiger partial charge in [0.05, 0.1) is 25.1 Å². The largest absolute Gasteiger partial charge is 0.493 e. The smallest absolute Gasteiger partial charge is 0.390 e. The highest BCUT2D eigenvalue weighted by atomic mass is 79.9. The van der Waals surface area contributed by atoms with Crippen LogP contribution in [0.3, 0.4) is 0 Å². The Bertz CT molecular complexity index is 424. The molecule has 1 aromatic carbocycles. The fourth-order valence-corrected chi connectivity index (χ4v) is 2.19. The van der Waals surface area contributed by atoms with Crippen molar-refractivity contribution in [2.75, 3.05) is 20.8 Å². The average Bonchev–Trinajstić information content (AvgIpc) is 2.32. The van der Waals surface area contributed by atoms with E-state index in [-0.39, 0.29) is 6.54 Å². The van der Waals surface area contributed by atoms with Crippen LogP contribution in [0.4, 0.5) is 13.2 Å². The zero-order valence-electron chi connectivity index (χ0n) is 10.6. The lowest BCUT2D eigenvalue weighted by Crippen LogP contribution is -2.21. The maximum absolute atomic E-state index is 12.0. The summed E-state index contributed by atoms with van der Waals surface area (Å²) in [5.74, 6) is 1.09. The Kier molecular flexibility index (Phi) is 5.93. The van der Waals surface area contributed by atoms with Crippen molar-refractivity contribution in [1.29, 1.82) is 0 Å². The van der Waals surface area contributed by atoms with E-state index < -0.39 is 12.6 Å². The number of benzene rings is 1. The number of nitrogens with one attached hydrogen (secondary N) is 1. The lowest BCUT2D eigenvalue weighted by atomic mass is 10.2. The van der Waals surface area contributed by atoms with Gasteiger partial charge in [0.25, 0.3) is 0 Å². The first kappa shape index (κ1) is 16.1. The van der Waals surface area contributed by atoms with Gasteiger partial charge < -0.3 is 14.8 Å². The molecule has 3 nitrogen and oxygen atoms in total. The van der Waals surface area contributed by atoms with E-state index in [1.807, 2.05) is 0 Å². The van der Waals surface area contributed by atoms with Crippen LogP contribution in [0.2, 0.25) is 0 Å². The van der Waals surface area contributed by atoms with Gasteiger partial charge in [0, 0.05) is 13.1 Å². The highest BCUT2D eigenvalue weighted by Crippen LogP contribution is 2.36. The number of ether oxygens (including phenoxy) is 2. The number of hydrogen-bond acceptors (Lipinski definition) is 3. The third-order valence-corrected chi connectivity index (χ3v) is 3.00. The summed E-state index contributed by atoms with van der Waals surface area (Å²) in [5.41, 5.74) is 0.812. The van der Waals surface area contributed by atoms with Gasteiger partial charge in [-0.3, -0.25) is 0 Å². The van der Waals surface area contributed by atoms with E-state index in [1.165, 1.54) is 14.2 Å². The van der Waals surface area contributed by atoms with E-state index in [1.54, 1.807) is 12.1 Å². The molecule has 7 heteroatoms. The third kappa shape index (κ3) is 5.28. The molecule has 19 heavy (non-hydrogen) atoms. The third-order valence-electron chi connectivity index (χ3n) is 2.41. The summed E-state index contributed by atoms with van der Waals surface area (Å²) >= 11 is 3.33. The number of halogens is 4. The summed E-state index contributed by atoms with van der Waals surface area (Å²) in [4.78, 5) is 0. The van der Waals surface area contributed by atoms with Gasteiger partial charge in [0.1, 0.15) is 0 Å². The molecule has 108 valence electrons. The second kappa shape index (κ2) is 7.00. The van der Waals surface area contributed by atoms with Gasteiger partial charge in [-0.1, -0.05) is 0 Å². The maximum atomic E-state index is 12.0. The van der Waals surface area contributed by atoms with Crippen molar-refractivity contribution >= 4 is 15.9 Å². The van der Waals surface area contributed by atoms with E-state index in [2.05, 4.69) is 21.2 Å². The van der Waals surface area contributed by atoms with Crippen LogP contribution in [0, 0.1) is 0 Å². The molecule has 0 radical (unpaired) electrons. The second-order valence-electron chi connectivity index (χ2n) is 3.86. The summed E-state index contributed by atoms with van der Waals surface area (Å²) < 4.78 is 46.9. The van der Waals surface area contributed by atoms with E-state index in [0.29, 0.717) is 22.5 Å². The number of rotatable bonds is 6. The van der Waals surface area contributed by atoms with Crippen molar-refractivity contribution in [1.82, 2.24) is 5.32 Å². The predicted molar refractivity (Wildman–Crippen MR) is 69.6 cm³/mol.